The molecule has 0 aromatic heterocycles. The van der Waals surface area contributed by atoms with Crippen LogP contribution in [0.5, 0.6) is 0 Å². The van der Waals surface area contributed by atoms with E-state index >= 15 is 0 Å². The molecule has 1 aliphatic heterocycles. The van der Waals surface area contributed by atoms with Crippen molar-refractivity contribution < 1.29 is 9.90 Å². The van der Waals surface area contributed by atoms with Gasteiger partial charge in [-0.2, -0.15) is 0 Å². The molecule has 0 saturated carbocycles. The van der Waals surface area contributed by atoms with Crippen molar-refractivity contribution in [3.8, 4) is 0 Å². The highest BCUT2D eigenvalue weighted by molar-refractivity contribution is 9.10. The van der Waals surface area contributed by atoms with Gasteiger partial charge in [-0.05, 0) is 58.5 Å². The van der Waals surface area contributed by atoms with Crippen LogP contribution in [0.4, 0.5) is 5.69 Å². The van der Waals surface area contributed by atoms with E-state index in [4.69, 9.17) is 5.11 Å². The number of halogens is 1. The predicted octanol–water partition coefficient (Wildman–Crippen LogP) is 3.78. The maximum absolute atomic E-state index is 10.5. The monoisotopic (exact) mass is 323 g/mol. The fourth-order valence-corrected chi connectivity index (χ4v) is 3.11. The Morgan fingerprint density at radius 3 is 2.95 bits per heavy atom. The number of nitrogens with zero attached hydrogens (tertiary/aromatic N) is 1. The summed E-state index contributed by atoms with van der Waals surface area (Å²) in [7, 11) is 0. The molecule has 102 valence electrons. The van der Waals surface area contributed by atoms with Crippen LogP contribution in [0.3, 0.4) is 0 Å². The van der Waals surface area contributed by atoms with E-state index in [1.54, 1.807) is 6.08 Å². The van der Waals surface area contributed by atoms with Gasteiger partial charge >= 0.3 is 5.97 Å². The summed E-state index contributed by atoms with van der Waals surface area (Å²) in [4.78, 5) is 12.9. The van der Waals surface area contributed by atoms with Crippen molar-refractivity contribution in [2.45, 2.75) is 19.8 Å². The zero-order valence-corrected chi connectivity index (χ0v) is 12.6. The van der Waals surface area contributed by atoms with Crippen LogP contribution in [0, 0.1) is 5.92 Å². The molecule has 0 aliphatic carbocycles. The average molecular weight is 324 g/mol. The highest BCUT2D eigenvalue weighted by Gasteiger charge is 2.18. The van der Waals surface area contributed by atoms with Gasteiger partial charge in [-0.1, -0.05) is 13.0 Å². The maximum atomic E-state index is 10.5. The number of hydrogen-bond donors (Lipinski definition) is 1. The van der Waals surface area contributed by atoms with Gasteiger partial charge in [0.2, 0.25) is 0 Å². The second-order valence-corrected chi connectivity index (χ2v) is 5.93. The smallest absolute Gasteiger partial charge is 0.328 e. The number of rotatable bonds is 3. The van der Waals surface area contributed by atoms with Gasteiger partial charge in [0, 0.05) is 23.6 Å². The molecule has 1 N–H and O–H groups in total. The minimum Gasteiger partial charge on any atom is -0.478 e. The van der Waals surface area contributed by atoms with Crippen molar-refractivity contribution in [3.05, 3.63) is 34.3 Å². The Kier molecular flexibility index (Phi) is 4.64. The van der Waals surface area contributed by atoms with Crippen molar-refractivity contribution in [3.63, 3.8) is 0 Å². The van der Waals surface area contributed by atoms with E-state index in [1.807, 2.05) is 12.1 Å². The molecule has 1 heterocycles. The molecule has 1 aromatic carbocycles. The first-order valence-corrected chi connectivity index (χ1v) is 7.31. The molecule has 0 radical (unpaired) electrons. The summed E-state index contributed by atoms with van der Waals surface area (Å²) in [5.41, 5.74) is 2.09. The molecule has 1 saturated heterocycles. The summed E-state index contributed by atoms with van der Waals surface area (Å²) < 4.78 is 1.02. The van der Waals surface area contributed by atoms with Crippen LogP contribution < -0.4 is 4.90 Å². The van der Waals surface area contributed by atoms with Crippen molar-refractivity contribution in [2.24, 2.45) is 5.92 Å². The highest BCUT2D eigenvalue weighted by Crippen LogP contribution is 2.31. The van der Waals surface area contributed by atoms with Crippen LogP contribution in [0.1, 0.15) is 25.3 Å². The van der Waals surface area contributed by atoms with E-state index in [0.29, 0.717) is 0 Å². The number of benzene rings is 1. The molecule has 1 aliphatic rings. The lowest BCUT2D eigenvalue weighted by molar-refractivity contribution is -0.131. The van der Waals surface area contributed by atoms with E-state index in [-0.39, 0.29) is 0 Å². The standard InChI is InChI=1S/C15H18BrNO2/c1-11-3-2-8-17(10-11)14-6-4-12(9-13(14)16)5-7-15(18)19/h4-7,9,11H,2-3,8,10H2,1H3,(H,18,19)/b7-5+. The van der Waals surface area contributed by atoms with Crippen LogP contribution in [-0.4, -0.2) is 24.2 Å². The Bertz CT molecular complexity index is 499. The van der Waals surface area contributed by atoms with Crippen molar-refractivity contribution in [2.75, 3.05) is 18.0 Å². The Balaban J connectivity index is 2.17. The van der Waals surface area contributed by atoms with E-state index in [1.165, 1.54) is 18.5 Å². The number of aliphatic carboxylic acids is 1. The van der Waals surface area contributed by atoms with Crippen LogP contribution in [-0.2, 0) is 4.79 Å². The van der Waals surface area contributed by atoms with Crippen LogP contribution >= 0.6 is 15.9 Å². The molecule has 1 fully saturated rings. The second-order valence-electron chi connectivity index (χ2n) is 5.08. The molecule has 3 nitrogen and oxygen atoms in total. The van der Waals surface area contributed by atoms with Gasteiger partial charge in [0.1, 0.15) is 0 Å². The van der Waals surface area contributed by atoms with Crippen LogP contribution in [0.25, 0.3) is 6.08 Å². The molecular formula is C15H18BrNO2. The highest BCUT2D eigenvalue weighted by atomic mass is 79.9. The molecule has 1 unspecified atom stereocenters. The summed E-state index contributed by atoms with van der Waals surface area (Å²) in [5.74, 6) is -0.197. The summed E-state index contributed by atoms with van der Waals surface area (Å²) in [5, 5.41) is 8.62. The molecule has 0 spiro atoms. The summed E-state index contributed by atoms with van der Waals surface area (Å²) in [6.07, 6.45) is 5.29. The number of anilines is 1. The first-order valence-electron chi connectivity index (χ1n) is 6.52. The third kappa shape index (κ3) is 3.83. The molecule has 0 amide bonds. The van der Waals surface area contributed by atoms with Gasteiger partial charge in [0.25, 0.3) is 0 Å². The third-order valence-corrected chi connectivity index (χ3v) is 4.02. The van der Waals surface area contributed by atoms with Gasteiger partial charge in [0.15, 0.2) is 0 Å². The Morgan fingerprint density at radius 1 is 1.53 bits per heavy atom. The van der Waals surface area contributed by atoms with Gasteiger partial charge < -0.3 is 10.0 Å². The minimum absolute atomic E-state index is 0.729. The number of carboxylic acids is 1. The summed E-state index contributed by atoms with van der Waals surface area (Å²) in [6, 6.07) is 5.98. The molecular weight excluding hydrogens is 306 g/mol. The zero-order chi connectivity index (χ0) is 13.8. The summed E-state index contributed by atoms with van der Waals surface area (Å²) >= 11 is 3.59. The normalized spacial score (nSPS) is 19.9. The third-order valence-electron chi connectivity index (χ3n) is 3.39. The molecule has 19 heavy (non-hydrogen) atoms. The van der Waals surface area contributed by atoms with Crippen molar-refractivity contribution >= 4 is 33.7 Å². The molecule has 1 aromatic rings. The quantitative estimate of drug-likeness (QED) is 0.860. The lowest BCUT2D eigenvalue weighted by atomic mass is 9.99. The number of carboxylic acid groups (broad SMARTS) is 1. The summed E-state index contributed by atoms with van der Waals surface area (Å²) in [6.45, 7) is 4.46. The number of hydrogen-bond acceptors (Lipinski definition) is 2. The topological polar surface area (TPSA) is 40.5 Å². The van der Waals surface area contributed by atoms with Crippen LogP contribution in [0.15, 0.2) is 28.7 Å². The van der Waals surface area contributed by atoms with E-state index in [0.717, 1.165) is 35.1 Å². The van der Waals surface area contributed by atoms with E-state index in [2.05, 4.69) is 33.8 Å². The van der Waals surface area contributed by atoms with E-state index in [9.17, 15) is 4.79 Å². The van der Waals surface area contributed by atoms with Crippen LogP contribution in [0.2, 0.25) is 0 Å². The SMILES string of the molecule is CC1CCCN(c2ccc(/C=C/C(=O)O)cc2Br)C1. The first-order chi connectivity index (χ1) is 9.06. The molecule has 4 heteroatoms. The molecule has 1 atom stereocenters. The lowest BCUT2D eigenvalue weighted by Gasteiger charge is -2.33. The van der Waals surface area contributed by atoms with Gasteiger partial charge in [-0.25, -0.2) is 4.79 Å². The fraction of sp³-hybridized carbons (Fsp3) is 0.400. The second kappa shape index (κ2) is 6.24. The Morgan fingerprint density at radius 2 is 2.32 bits per heavy atom. The number of carbonyl (C=O) groups is 1. The Hall–Kier alpha value is -1.29. The fourth-order valence-electron chi connectivity index (χ4n) is 2.46. The molecule has 0 bridgehead atoms. The minimum atomic E-state index is -0.926. The number of piperidine rings is 1. The van der Waals surface area contributed by atoms with Gasteiger partial charge in [-0.15, -0.1) is 0 Å². The van der Waals surface area contributed by atoms with E-state index < -0.39 is 5.97 Å². The van der Waals surface area contributed by atoms with Gasteiger partial charge in [-0.3, -0.25) is 0 Å². The maximum Gasteiger partial charge on any atom is 0.328 e. The largest absolute Gasteiger partial charge is 0.478 e. The van der Waals surface area contributed by atoms with Crippen molar-refractivity contribution in [1.82, 2.24) is 0 Å². The van der Waals surface area contributed by atoms with Gasteiger partial charge in [0.05, 0.1) is 5.69 Å². The lowest BCUT2D eigenvalue weighted by Crippen LogP contribution is -2.34. The average Bonchev–Trinajstić information content (AvgIpc) is 2.36. The Labute approximate surface area is 122 Å². The predicted molar refractivity (Wildman–Crippen MR) is 81.4 cm³/mol. The zero-order valence-electron chi connectivity index (χ0n) is 11.0. The van der Waals surface area contributed by atoms with Crippen molar-refractivity contribution in [1.29, 1.82) is 0 Å². The first kappa shape index (κ1) is 14.1. The molecule has 2 rings (SSSR count).